The van der Waals surface area contributed by atoms with Crippen molar-refractivity contribution in [2.75, 3.05) is 13.7 Å². The van der Waals surface area contributed by atoms with Crippen LogP contribution in [0, 0.1) is 0 Å². The quantitative estimate of drug-likeness (QED) is 0.561. The fourth-order valence-electron chi connectivity index (χ4n) is 0.246. The normalized spacial score (nSPS) is 7.11. The van der Waals surface area contributed by atoms with Gasteiger partial charge in [-0.1, -0.05) is 6.92 Å². The molecule has 9 heavy (non-hydrogen) atoms. The number of hydrogen-bond acceptors (Lipinski definition) is 3. The van der Waals surface area contributed by atoms with Gasteiger partial charge in [-0.3, -0.25) is 4.79 Å². The predicted octanol–water partition coefficient (Wildman–Crippen LogP) is 0.568. The lowest BCUT2D eigenvalue weighted by Gasteiger charge is -1.93. The van der Waals surface area contributed by atoms with E-state index in [0.717, 1.165) is 13.5 Å². The summed E-state index contributed by atoms with van der Waals surface area (Å²) in [5.41, 5.74) is 0. The minimum absolute atomic E-state index is 0.193. The minimum Gasteiger partial charge on any atom is -0.466 e. The van der Waals surface area contributed by atoms with Gasteiger partial charge in [0, 0.05) is 14.0 Å². The average molecular weight is 134 g/mol. The summed E-state index contributed by atoms with van der Waals surface area (Å²) in [6.07, 6.45) is 0.902. The predicted molar refractivity (Wildman–Crippen MR) is 35.1 cm³/mol. The SMILES string of the molecule is CCCOC(C)=O.CO. The third kappa shape index (κ3) is 18.6. The highest BCUT2D eigenvalue weighted by Gasteiger charge is 1.85. The molecule has 0 fully saturated rings. The molecule has 56 valence electrons. The highest BCUT2D eigenvalue weighted by Crippen LogP contribution is 1.78. The standard InChI is InChI=1S/C5H10O2.CH4O/c1-3-4-7-5(2)6;1-2/h3-4H2,1-2H3;2H,1H3. The summed E-state index contributed by atoms with van der Waals surface area (Å²) in [6.45, 7) is 3.92. The smallest absolute Gasteiger partial charge is 0.302 e. The topological polar surface area (TPSA) is 46.5 Å². The van der Waals surface area contributed by atoms with Crippen LogP contribution in [0.3, 0.4) is 0 Å². The van der Waals surface area contributed by atoms with Crippen molar-refractivity contribution in [1.29, 1.82) is 0 Å². The summed E-state index contributed by atoms with van der Waals surface area (Å²) < 4.78 is 4.55. The van der Waals surface area contributed by atoms with Gasteiger partial charge in [0.1, 0.15) is 0 Å². The first-order valence-electron chi connectivity index (χ1n) is 2.85. The fourth-order valence-corrected chi connectivity index (χ4v) is 0.246. The number of aliphatic hydroxyl groups excluding tert-OH is 1. The van der Waals surface area contributed by atoms with Crippen molar-refractivity contribution in [3.63, 3.8) is 0 Å². The molecule has 0 aromatic rings. The summed E-state index contributed by atoms with van der Waals surface area (Å²) in [5, 5.41) is 7.00. The molecule has 1 N–H and O–H groups in total. The zero-order chi connectivity index (χ0) is 7.70. The monoisotopic (exact) mass is 134 g/mol. The maximum absolute atomic E-state index is 9.98. The van der Waals surface area contributed by atoms with Crippen molar-refractivity contribution in [2.45, 2.75) is 20.3 Å². The molecular formula is C6H14O3. The third-order valence-electron chi connectivity index (χ3n) is 0.509. The molecule has 0 aliphatic carbocycles. The van der Waals surface area contributed by atoms with E-state index in [-0.39, 0.29) is 5.97 Å². The van der Waals surface area contributed by atoms with E-state index in [4.69, 9.17) is 5.11 Å². The van der Waals surface area contributed by atoms with Crippen LogP contribution in [-0.2, 0) is 9.53 Å². The Balaban J connectivity index is 0. The van der Waals surface area contributed by atoms with Crippen molar-refractivity contribution in [3.8, 4) is 0 Å². The van der Waals surface area contributed by atoms with E-state index in [2.05, 4.69) is 4.74 Å². The highest BCUT2D eigenvalue weighted by molar-refractivity contribution is 5.65. The van der Waals surface area contributed by atoms with Crippen LogP contribution in [0.5, 0.6) is 0 Å². The van der Waals surface area contributed by atoms with Gasteiger partial charge in [0.25, 0.3) is 0 Å². The Kier molecular flexibility index (Phi) is 13.0. The van der Waals surface area contributed by atoms with Gasteiger partial charge in [-0.25, -0.2) is 0 Å². The molecule has 0 amide bonds. The van der Waals surface area contributed by atoms with Crippen LogP contribution in [0.15, 0.2) is 0 Å². The van der Waals surface area contributed by atoms with Crippen LogP contribution in [0.1, 0.15) is 20.3 Å². The molecule has 0 aliphatic rings. The molecule has 0 rings (SSSR count). The Labute approximate surface area is 55.6 Å². The zero-order valence-corrected chi connectivity index (χ0v) is 6.18. The van der Waals surface area contributed by atoms with E-state index in [9.17, 15) is 4.79 Å². The Morgan fingerprint density at radius 1 is 1.56 bits per heavy atom. The van der Waals surface area contributed by atoms with Crippen LogP contribution in [0.25, 0.3) is 0 Å². The second-order valence-electron chi connectivity index (χ2n) is 1.34. The first-order chi connectivity index (χ1) is 4.27. The Morgan fingerprint density at radius 3 is 2.11 bits per heavy atom. The van der Waals surface area contributed by atoms with E-state index in [1.807, 2.05) is 6.92 Å². The molecule has 3 heteroatoms. The lowest BCUT2D eigenvalue weighted by atomic mass is 10.5. The Hall–Kier alpha value is -0.570. The van der Waals surface area contributed by atoms with Gasteiger partial charge in [0.2, 0.25) is 0 Å². The van der Waals surface area contributed by atoms with E-state index < -0.39 is 0 Å². The van der Waals surface area contributed by atoms with Gasteiger partial charge in [0.05, 0.1) is 6.61 Å². The van der Waals surface area contributed by atoms with Gasteiger partial charge >= 0.3 is 5.97 Å². The molecule has 0 spiro atoms. The molecule has 0 aromatic carbocycles. The molecule has 0 aliphatic heterocycles. The molecule has 3 nitrogen and oxygen atoms in total. The van der Waals surface area contributed by atoms with Gasteiger partial charge in [-0.2, -0.15) is 0 Å². The molecule has 0 atom stereocenters. The van der Waals surface area contributed by atoms with Crippen molar-refractivity contribution >= 4 is 5.97 Å². The van der Waals surface area contributed by atoms with Crippen LogP contribution in [0.4, 0.5) is 0 Å². The average Bonchev–Trinajstić information content (AvgIpc) is 1.88. The first kappa shape index (κ1) is 11.3. The van der Waals surface area contributed by atoms with E-state index in [1.165, 1.54) is 6.92 Å². The summed E-state index contributed by atoms with van der Waals surface area (Å²) in [5.74, 6) is -0.193. The largest absolute Gasteiger partial charge is 0.466 e. The zero-order valence-electron chi connectivity index (χ0n) is 6.18. The Morgan fingerprint density at radius 2 is 2.00 bits per heavy atom. The molecule has 0 heterocycles. The van der Waals surface area contributed by atoms with Crippen molar-refractivity contribution < 1.29 is 14.6 Å². The maximum Gasteiger partial charge on any atom is 0.302 e. The second kappa shape index (κ2) is 10.4. The third-order valence-corrected chi connectivity index (χ3v) is 0.509. The molecule has 0 saturated carbocycles. The van der Waals surface area contributed by atoms with E-state index in [1.54, 1.807) is 0 Å². The van der Waals surface area contributed by atoms with Crippen molar-refractivity contribution in [3.05, 3.63) is 0 Å². The summed E-state index contributed by atoms with van der Waals surface area (Å²) in [7, 11) is 1.00. The fraction of sp³-hybridized carbons (Fsp3) is 0.833. The summed E-state index contributed by atoms with van der Waals surface area (Å²) in [6, 6.07) is 0. The number of aliphatic hydroxyl groups is 1. The maximum atomic E-state index is 9.98. The van der Waals surface area contributed by atoms with E-state index in [0.29, 0.717) is 6.61 Å². The molecule has 0 aromatic heterocycles. The first-order valence-corrected chi connectivity index (χ1v) is 2.85. The number of carbonyl (C=O) groups is 1. The molecule has 0 radical (unpaired) electrons. The van der Waals surface area contributed by atoms with Crippen LogP contribution >= 0.6 is 0 Å². The van der Waals surface area contributed by atoms with Gasteiger partial charge < -0.3 is 9.84 Å². The molecular weight excluding hydrogens is 120 g/mol. The number of rotatable bonds is 2. The lowest BCUT2D eigenvalue weighted by Crippen LogP contribution is -1.98. The summed E-state index contributed by atoms with van der Waals surface area (Å²) in [4.78, 5) is 9.98. The molecule has 0 unspecified atom stereocenters. The second-order valence-corrected chi connectivity index (χ2v) is 1.34. The molecule has 0 saturated heterocycles. The van der Waals surface area contributed by atoms with Crippen molar-refractivity contribution in [2.24, 2.45) is 0 Å². The Bertz CT molecular complexity index is 61.3. The van der Waals surface area contributed by atoms with Gasteiger partial charge in [-0.15, -0.1) is 0 Å². The minimum atomic E-state index is -0.193. The van der Waals surface area contributed by atoms with Crippen LogP contribution in [-0.4, -0.2) is 24.8 Å². The van der Waals surface area contributed by atoms with Crippen LogP contribution < -0.4 is 0 Å². The number of ether oxygens (including phenoxy) is 1. The van der Waals surface area contributed by atoms with Gasteiger partial charge in [0.15, 0.2) is 0 Å². The van der Waals surface area contributed by atoms with Crippen LogP contribution in [0.2, 0.25) is 0 Å². The highest BCUT2D eigenvalue weighted by atomic mass is 16.5. The number of hydrogen-bond donors (Lipinski definition) is 1. The lowest BCUT2D eigenvalue weighted by molar-refractivity contribution is -0.140. The van der Waals surface area contributed by atoms with E-state index >= 15 is 0 Å². The van der Waals surface area contributed by atoms with Crippen molar-refractivity contribution in [1.82, 2.24) is 0 Å². The number of esters is 1. The van der Waals surface area contributed by atoms with Gasteiger partial charge in [-0.05, 0) is 6.42 Å². The summed E-state index contributed by atoms with van der Waals surface area (Å²) >= 11 is 0. The molecule has 0 bridgehead atoms. The number of carbonyl (C=O) groups excluding carboxylic acids is 1.